The van der Waals surface area contributed by atoms with Crippen LogP contribution >= 0.6 is 11.6 Å². The van der Waals surface area contributed by atoms with Crippen molar-refractivity contribution >= 4 is 17.4 Å². The first kappa shape index (κ1) is 12.2. The van der Waals surface area contributed by atoms with Crippen LogP contribution in [0.1, 0.15) is 24.8 Å². The third kappa shape index (κ3) is 2.08. The first-order valence-corrected chi connectivity index (χ1v) is 7.05. The van der Waals surface area contributed by atoms with Gasteiger partial charge in [0.1, 0.15) is 5.78 Å². The Hall–Kier alpha value is -0.860. The molecule has 1 aromatic rings. The summed E-state index contributed by atoms with van der Waals surface area (Å²) >= 11 is 5.94. The van der Waals surface area contributed by atoms with Gasteiger partial charge in [0.15, 0.2) is 0 Å². The Morgan fingerprint density at radius 2 is 2.11 bits per heavy atom. The Balaban J connectivity index is 1.72. The van der Waals surface area contributed by atoms with E-state index in [1.54, 1.807) is 0 Å². The summed E-state index contributed by atoms with van der Waals surface area (Å²) in [6.07, 6.45) is 4.03. The number of hydrogen-bond acceptors (Lipinski definition) is 2. The normalized spacial score (nSPS) is 33.9. The summed E-state index contributed by atoms with van der Waals surface area (Å²) in [6, 6.07) is 7.65. The first-order chi connectivity index (χ1) is 8.65. The minimum atomic E-state index is 0.0859. The van der Waals surface area contributed by atoms with Gasteiger partial charge in [-0.15, -0.1) is 0 Å². The van der Waals surface area contributed by atoms with Gasteiger partial charge in [0, 0.05) is 23.4 Å². The molecule has 2 saturated carbocycles. The molecule has 2 aliphatic rings. The Labute approximate surface area is 113 Å². The maximum absolute atomic E-state index is 12.4. The maximum Gasteiger partial charge on any atom is 0.142 e. The second-order valence-corrected chi connectivity index (χ2v) is 6.15. The zero-order valence-corrected chi connectivity index (χ0v) is 11.1. The summed E-state index contributed by atoms with van der Waals surface area (Å²) in [4.78, 5) is 12.4. The average molecular weight is 264 g/mol. The van der Waals surface area contributed by atoms with Gasteiger partial charge in [-0.3, -0.25) is 4.79 Å². The highest BCUT2D eigenvalue weighted by molar-refractivity contribution is 6.30. The lowest BCUT2D eigenvalue weighted by molar-refractivity contribution is -0.124. The summed E-state index contributed by atoms with van der Waals surface area (Å²) < 4.78 is 0. The van der Waals surface area contributed by atoms with E-state index in [0.29, 0.717) is 29.1 Å². The van der Waals surface area contributed by atoms with Crippen molar-refractivity contribution < 1.29 is 4.79 Å². The van der Waals surface area contributed by atoms with E-state index in [4.69, 9.17) is 17.3 Å². The second-order valence-electron chi connectivity index (χ2n) is 5.71. The van der Waals surface area contributed by atoms with Crippen LogP contribution in [0.3, 0.4) is 0 Å². The van der Waals surface area contributed by atoms with Crippen LogP contribution in [0.4, 0.5) is 0 Å². The second kappa shape index (κ2) is 4.67. The van der Waals surface area contributed by atoms with E-state index in [1.165, 1.54) is 12.8 Å². The molecule has 3 rings (SSSR count). The molecule has 96 valence electrons. The maximum atomic E-state index is 12.4. The molecule has 0 radical (unpaired) electrons. The average Bonchev–Trinajstić information content (AvgIpc) is 2.89. The fourth-order valence-corrected chi connectivity index (χ4v) is 3.99. The minimum absolute atomic E-state index is 0.0859. The molecule has 0 saturated heterocycles. The van der Waals surface area contributed by atoms with Crippen LogP contribution in [-0.4, -0.2) is 11.8 Å². The number of carbonyl (C=O) groups is 1. The van der Waals surface area contributed by atoms with Crippen molar-refractivity contribution in [1.29, 1.82) is 0 Å². The molecule has 0 aromatic heterocycles. The fourth-order valence-electron chi connectivity index (χ4n) is 3.78. The summed E-state index contributed by atoms with van der Waals surface area (Å²) in [7, 11) is 0. The summed E-state index contributed by atoms with van der Waals surface area (Å²) in [5, 5.41) is 0.692. The van der Waals surface area contributed by atoms with E-state index >= 15 is 0 Å². The van der Waals surface area contributed by atoms with Gasteiger partial charge in [-0.1, -0.05) is 23.7 Å². The van der Waals surface area contributed by atoms with Crippen molar-refractivity contribution in [2.75, 3.05) is 0 Å². The SMILES string of the molecule is NC1C2CCC(C2)C1C(=O)Cc1cccc(Cl)c1. The van der Waals surface area contributed by atoms with Crippen molar-refractivity contribution in [3.05, 3.63) is 34.9 Å². The Morgan fingerprint density at radius 1 is 1.33 bits per heavy atom. The topological polar surface area (TPSA) is 43.1 Å². The van der Waals surface area contributed by atoms with Gasteiger partial charge < -0.3 is 5.73 Å². The van der Waals surface area contributed by atoms with E-state index in [9.17, 15) is 4.79 Å². The monoisotopic (exact) mass is 263 g/mol. The molecular formula is C15H18ClNO. The highest BCUT2D eigenvalue weighted by atomic mass is 35.5. The third-order valence-electron chi connectivity index (χ3n) is 4.62. The standard InChI is InChI=1S/C15H18ClNO/c16-12-3-1-2-9(6-12)7-13(18)14-10-4-5-11(8-10)15(14)17/h1-3,6,10-11,14-15H,4-5,7-8,17H2. The van der Waals surface area contributed by atoms with E-state index in [0.717, 1.165) is 12.0 Å². The van der Waals surface area contributed by atoms with E-state index < -0.39 is 0 Å². The predicted octanol–water partition coefficient (Wildman–Crippen LogP) is 2.83. The molecular weight excluding hydrogens is 246 g/mol. The van der Waals surface area contributed by atoms with Gasteiger partial charge in [0.05, 0.1) is 0 Å². The Morgan fingerprint density at radius 3 is 2.78 bits per heavy atom. The number of ketones is 1. The van der Waals surface area contributed by atoms with Crippen molar-refractivity contribution in [1.82, 2.24) is 0 Å². The van der Waals surface area contributed by atoms with Crippen LogP contribution in [0, 0.1) is 17.8 Å². The molecule has 2 bridgehead atoms. The number of fused-ring (bicyclic) bond motifs is 2. The van der Waals surface area contributed by atoms with E-state index in [-0.39, 0.29) is 12.0 Å². The smallest absolute Gasteiger partial charge is 0.142 e. The summed E-state index contributed by atoms with van der Waals surface area (Å²) in [6.45, 7) is 0. The lowest BCUT2D eigenvalue weighted by atomic mass is 9.80. The highest BCUT2D eigenvalue weighted by Gasteiger charge is 2.48. The molecule has 0 spiro atoms. The molecule has 0 heterocycles. The Kier molecular flexibility index (Phi) is 3.16. The molecule has 3 heteroatoms. The van der Waals surface area contributed by atoms with Gasteiger partial charge >= 0.3 is 0 Å². The number of hydrogen-bond donors (Lipinski definition) is 1. The number of nitrogens with two attached hydrogens (primary N) is 1. The molecule has 2 N–H and O–H groups in total. The fraction of sp³-hybridized carbons (Fsp3) is 0.533. The molecule has 1 aromatic carbocycles. The van der Waals surface area contributed by atoms with Gasteiger partial charge in [0.25, 0.3) is 0 Å². The Bertz CT molecular complexity index is 471. The molecule has 4 unspecified atom stereocenters. The lowest BCUT2D eigenvalue weighted by Gasteiger charge is -2.26. The van der Waals surface area contributed by atoms with Gasteiger partial charge in [-0.05, 0) is 48.8 Å². The van der Waals surface area contributed by atoms with Crippen LogP contribution in [0.25, 0.3) is 0 Å². The van der Waals surface area contributed by atoms with Gasteiger partial charge in [0.2, 0.25) is 0 Å². The van der Waals surface area contributed by atoms with Crippen molar-refractivity contribution in [3.8, 4) is 0 Å². The van der Waals surface area contributed by atoms with Crippen LogP contribution in [0.2, 0.25) is 5.02 Å². The third-order valence-corrected chi connectivity index (χ3v) is 4.85. The van der Waals surface area contributed by atoms with Gasteiger partial charge in [-0.25, -0.2) is 0 Å². The lowest BCUT2D eigenvalue weighted by Crippen LogP contribution is -2.40. The molecule has 2 aliphatic carbocycles. The minimum Gasteiger partial charge on any atom is -0.327 e. The molecule has 2 nitrogen and oxygen atoms in total. The molecule has 4 atom stereocenters. The molecule has 18 heavy (non-hydrogen) atoms. The quantitative estimate of drug-likeness (QED) is 0.911. The number of carbonyl (C=O) groups excluding carboxylic acids is 1. The number of benzene rings is 1. The zero-order chi connectivity index (χ0) is 12.7. The van der Waals surface area contributed by atoms with E-state index in [1.807, 2.05) is 24.3 Å². The number of Topliss-reactive ketones (excluding diaryl/α,β-unsaturated/α-hetero) is 1. The first-order valence-electron chi connectivity index (χ1n) is 6.68. The van der Waals surface area contributed by atoms with Crippen LogP contribution in [0.15, 0.2) is 24.3 Å². The van der Waals surface area contributed by atoms with Crippen LogP contribution in [0.5, 0.6) is 0 Å². The zero-order valence-electron chi connectivity index (χ0n) is 10.3. The predicted molar refractivity (Wildman–Crippen MR) is 72.5 cm³/mol. The van der Waals surface area contributed by atoms with E-state index in [2.05, 4.69) is 0 Å². The van der Waals surface area contributed by atoms with Crippen molar-refractivity contribution in [3.63, 3.8) is 0 Å². The molecule has 2 fully saturated rings. The van der Waals surface area contributed by atoms with Crippen LogP contribution in [-0.2, 0) is 11.2 Å². The molecule has 0 aliphatic heterocycles. The largest absolute Gasteiger partial charge is 0.327 e. The molecule has 0 amide bonds. The number of rotatable bonds is 3. The summed E-state index contributed by atoms with van der Waals surface area (Å²) in [5.41, 5.74) is 7.20. The summed E-state index contributed by atoms with van der Waals surface area (Å²) in [5.74, 6) is 1.51. The van der Waals surface area contributed by atoms with Crippen LogP contribution < -0.4 is 5.73 Å². The van der Waals surface area contributed by atoms with Crippen molar-refractivity contribution in [2.45, 2.75) is 31.7 Å². The highest BCUT2D eigenvalue weighted by Crippen LogP contribution is 2.48. The van der Waals surface area contributed by atoms with Gasteiger partial charge in [-0.2, -0.15) is 0 Å². The van der Waals surface area contributed by atoms with Crippen molar-refractivity contribution in [2.24, 2.45) is 23.5 Å². The number of halogens is 1.